The Hall–Kier alpha value is -2.37. The minimum atomic E-state index is -0.597. The van der Waals surface area contributed by atoms with Crippen LogP contribution in [0, 0.1) is 0 Å². The highest BCUT2D eigenvalue weighted by Crippen LogP contribution is 2.02. The molecule has 1 rings (SSSR count). The van der Waals surface area contributed by atoms with Gasteiger partial charge in [-0.25, -0.2) is 4.79 Å². The van der Waals surface area contributed by atoms with E-state index < -0.39 is 18.1 Å². The number of hydrogen-bond donors (Lipinski definition) is 1. The quantitative estimate of drug-likeness (QED) is 0.588. The van der Waals surface area contributed by atoms with E-state index in [1.54, 1.807) is 13.8 Å². The Morgan fingerprint density at radius 3 is 2.45 bits per heavy atom. The molecule has 0 aliphatic carbocycles. The number of ketones is 1. The first-order valence-electron chi connectivity index (χ1n) is 7.15. The van der Waals surface area contributed by atoms with Gasteiger partial charge in [0.05, 0.1) is 6.61 Å². The summed E-state index contributed by atoms with van der Waals surface area (Å²) in [4.78, 5) is 34.4. The van der Waals surface area contributed by atoms with Crippen LogP contribution in [0.3, 0.4) is 0 Å². The smallest absolute Gasteiger partial charge is 0.407 e. The SMILES string of the molecule is CCOC(=O)CC(=O)C[C@H](C)NC(=O)OCc1ccccc1. The monoisotopic (exact) mass is 307 g/mol. The Bertz CT molecular complexity index is 501. The lowest BCUT2D eigenvalue weighted by atomic mass is 10.1. The molecule has 0 unspecified atom stereocenters. The van der Waals surface area contributed by atoms with Crippen molar-refractivity contribution in [3.63, 3.8) is 0 Å². The first kappa shape index (κ1) is 17.7. The minimum Gasteiger partial charge on any atom is -0.466 e. The molecule has 1 atom stereocenters. The van der Waals surface area contributed by atoms with Gasteiger partial charge in [0.15, 0.2) is 0 Å². The molecule has 0 aromatic heterocycles. The summed E-state index contributed by atoms with van der Waals surface area (Å²) in [6.45, 7) is 3.75. The average Bonchev–Trinajstić information content (AvgIpc) is 2.46. The highest BCUT2D eigenvalue weighted by Gasteiger charge is 2.16. The molecule has 0 bridgehead atoms. The lowest BCUT2D eigenvalue weighted by molar-refractivity contribution is -0.145. The molecule has 1 aromatic rings. The van der Waals surface area contributed by atoms with Crippen LogP contribution in [0.2, 0.25) is 0 Å². The number of Topliss-reactive ketones (excluding diaryl/α,β-unsaturated/α-hetero) is 1. The number of carbonyl (C=O) groups is 3. The normalized spacial score (nSPS) is 11.4. The Morgan fingerprint density at radius 1 is 1.14 bits per heavy atom. The summed E-state index contributed by atoms with van der Waals surface area (Å²) in [5.74, 6) is -0.833. The van der Waals surface area contributed by atoms with Crippen molar-refractivity contribution < 1.29 is 23.9 Å². The maximum atomic E-state index is 11.6. The van der Waals surface area contributed by atoms with Crippen LogP contribution < -0.4 is 5.32 Å². The van der Waals surface area contributed by atoms with E-state index in [4.69, 9.17) is 9.47 Å². The predicted octanol–water partition coefficient (Wildman–Crippen LogP) is 2.21. The minimum absolute atomic E-state index is 0.0548. The number of hydrogen-bond acceptors (Lipinski definition) is 5. The zero-order valence-electron chi connectivity index (χ0n) is 12.8. The maximum Gasteiger partial charge on any atom is 0.407 e. The predicted molar refractivity (Wildman–Crippen MR) is 80.1 cm³/mol. The van der Waals surface area contributed by atoms with Crippen molar-refractivity contribution in [2.24, 2.45) is 0 Å². The van der Waals surface area contributed by atoms with Gasteiger partial charge in [-0.05, 0) is 19.4 Å². The van der Waals surface area contributed by atoms with Crippen LogP contribution in [0.4, 0.5) is 4.79 Å². The molecule has 0 heterocycles. The fourth-order valence-corrected chi connectivity index (χ4v) is 1.80. The third-order valence-electron chi connectivity index (χ3n) is 2.76. The lowest BCUT2D eigenvalue weighted by Crippen LogP contribution is -2.35. The molecule has 6 nitrogen and oxygen atoms in total. The standard InChI is InChI=1S/C16H21NO5/c1-3-21-15(19)10-14(18)9-12(2)17-16(20)22-11-13-7-5-4-6-8-13/h4-8,12H,3,9-11H2,1-2H3,(H,17,20)/t12-/m0/s1. The van der Waals surface area contributed by atoms with Crippen molar-refractivity contribution in [2.45, 2.75) is 39.3 Å². The van der Waals surface area contributed by atoms with Crippen molar-refractivity contribution in [1.82, 2.24) is 5.32 Å². The summed E-state index contributed by atoms with van der Waals surface area (Å²) in [6.07, 6.45) is -0.821. The van der Waals surface area contributed by atoms with Crippen LogP contribution in [0.5, 0.6) is 0 Å². The topological polar surface area (TPSA) is 81.7 Å². The second kappa shape index (κ2) is 9.55. The van der Waals surface area contributed by atoms with Crippen molar-refractivity contribution in [3.05, 3.63) is 35.9 Å². The van der Waals surface area contributed by atoms with Crippen LogP contribution in [-0.4, -0.2) is 30.5 Å². The molecular formula is C16H21NO5. The number of benzene rings is 1. The summed E-state index contributed by atoms with van der Waals surface area (Å²) in [6, 6.07) is 8.87. The molecule has 1 amide bonds. The molecule has 0 spiro atoms. The number of rotatable bonds is 8. The summed E-state index contributed by atoms with van der Waals surface area (Å²) >= 11 is 0. The lowest BCUT2D eigenvalue weighted by Gasteiger charge is -2.13. The van der Waals surface area contributed by atoms with Gasteiger partial charge in [-0.1, -0.05) is 30.3 Å². The second-order valence-electron chi connectivity index (χ2n) is 4.83. The van der Waals surface area contributed by atoms with Gasteiger partial charge in [0.2, 0.25) is 0 Å². The summed E-state index contributed by atoms with van der Waals surface area (Å²) in [5, 5.41) is 2.55. The number of carbonyl (C=O) groups excluding carboxylic acids is 3. The van der Waals surface area contributed by atoms with Crippen LogP contribution in [0.25, 0.3) is 0 Å². The van der Waals surface area contributed by atoms with Gasteiger partial charge >= 0.3 is 12.1 Å². The molecule has 6 heteroatoms. The average molecular weight is 307 g/mol. The number of ether oxygens (including phenoxy) is 2. The number of amides is 1. The van der Waals surface area contributed by atoms with Gasteiger partial charge < -0.3 is 14.8 Å². The summed E-state index contributed by atoms with van der Waals surface area (Å²) in [7, 11) is 0. The first-order chi connectivity index (χ1) is 10.5. The van der Waals surface area contributed by atoms with Crippen LogP contribution in [0.15, 0.2) is 30.3 Å². The molecule has 120 valence electrons. The maximum absolute atomic E-state index is 11.6. The third-order valence-corrected chi connectivity index (χ3v) is 2.76. The van der Waals surface area contributed by atoms with E-state index in [0.29, 0.717) is 0 Å². The van der Waals surface area contributed by atoms with Crippen molar-refractivity contribution in [3.8, 4) is 0 Å². The van der Waals surface area contributed by atoms with Gasteiger partial charge in [0.1, 0.15) is 18.8 Å². The first-order valence-corrected chi connectivity index (χ1v) is 7.15. The van der Waals surface area contributed by atoms with E-state index in [1.165, 1.54) is 0 Å². The van der Waals surface area contributed by atoms with E-state index in [0.717, 1.165) is 5.56 Å². The zero-order chi connectivity index (χ0) is 16.4. The van der Waals surface area contributed by atoms with Crippen LogP contribution in [0.1, 0.15) is 32.3 Å². The Morgan fingerprint density at radius 2 is 1.82 bits per heavy atom. The van der Waals surface area contributed by atoms with Gasteiger partial charge in [-0.2, -0.15) is 0 Å². The molecular weight excluding hydrogens is 286 g/mol. The van der Waals surface area contributed by atoms with Crippen LogP contribution in [-0.2, 0) is 25.7 Å². The Balaban J connectivity index is 2.26. The van der Waals surface area contributed by atoms with Gasteiger partial charge in [0.25, 0.3) is 0 Å². The second-order valence-corrected chi connectivity index (χ2v) is 4.83. The third kappa shape index (κ3) is 7.42. The van der Waals surface area contributed by atoms with E-state index in [9.17, 15) is 14.4 Å². The van der Waals surface area contributed by atoms with Gasteiger partial charge in [-0.15, -0.1) is 0 Å². The van der Waals surface area contributed by atoms with Crippen molar-refractivity contribution >= 4 is 17.8 Å². The fraction of sp³-hybridized carbons (Fsp3) is 0.438. The summed E-state index contributed by atoms with van der Waals surface area (Å²) in [5.41, 5.74) is 0.878. The Labute approximate surface area is 129 Å². The molecule has 0 aliphatic rings. The van der Waals surface area contributed by atoms with Gasteiger partial charge in [-0.3, -0.25) is 9.59 Å². The Kier molecular flexibility index (Phi) is 7.67. The van der Waals surface area contributed by atoms with Crippen LogP contribution >= 0.6 is 0 Å². The van der Waals surface area contributed by atoms with E-state index in [1.807, 2.05) is 30.3 Å². The van der Waals surface area contributed by atoms with Gasteiger partial charge in [0, 0.05) is 12.5 Å². The molecule has 0 saturated carbocycles. The number of nitrogens with one attached hydrogen (secondary N) is 1. The van der Waals surface area contributed by atoms with E-state index >= 15 is 0 Å². The summed E-state index contributed by atoms with van der Waals surface area (Å²) < 4.78 is 9.74. The fourth-order valence-electron chi connectivity index (χ4n) is 1.80. The highest BCUT2D eigenvalue weighted by molar-refractivity contribution is 5.95. The molecule has 0 aliphatic heterocycles. The van der Waals surface area contributed by atoms with Crippen molar-refractivity contribution in [1.29, 1.82) is 0 Å². The molecule has 0 radical (unpaired) electrons. The molecule has 1 N–H and O–H groups in total. The molecule has 0 saturated heterocycles. The van der Waals surface area contributed by atoms with E-state index in [2.05, 4.69) is 5.32 Å². The van der Waals surface area contributed by atoms with Crippen molar-refractivity contribution in [2.75, 3.05) is 6.61 Å². The zero-order valence-corrected chi connectivity index (χ0v) is 12.8. The van der Waals surface area contributed by atoms with E-state index in [-0.39, 0.29) is 31.8 Å². The largest absolute Gasteiger partial charge is 0.466 e. The highest BCUT2D eigenvalue weighted by atomic mass is 16.5. The number of alkyl carbamates (subject to hydrolysis) is 1. The molecule has 1 aromatic carbocycles. The molecule has 0 fully saturated rings. The number of esters is 1. The molecule has 22 heavy (non-hydrogen) atoms.